The van der Waals surface area contributed by atoms with Crippen LogP contribution in [0, 0.1) is 6.92 Å². The topological polar surface area (TPSA) is 84.7 Å². The summed E-state index contributed by atoms with van der Waals surface area (Å²) in [6, 6.07) is 6.01. The van der Waals surface area contributed by atoms with Gasteiger partial charge in [0.05, 0.1) is 29.4 Å². The molecular formula is C16H18ClN3O4. The van der Waals surface area contributed by atoms with Gasteiger partial charge in [-0.05, 0) is 32.0 Å². The molecule has 0 aliphatic carbocycles. The molecule has 7 nitrogen and oxygen atoms in total. The maximum atomic E-state index is 12.2. The Hall–Kier alpha value is -2.54. The zero-order valence-corrected chi connectivity index (χ0v) is 14.4. The molecule has 0 unspecified atom stereocenters. The van der Waals surface area contributed by atoms with E-state index in [1.165, 1.54) is 17.0 Å². The van der Waals surface area contributed by atoms with Crippen LogP contribution >= 0.6 is 11.6 Å². The number of aromatic nitrogens is 1. The molecule has 2 rings (SSSR count). The number of aryl methyl sites for hydroxylation is 1. The Morgan fingerprint density at radius 3 is 2.75 bits per heavy atom. The average molecular weight is 352 g/mol. The lowest BCUT2D eigenvalue weighted by Crippen LogP contribution is -2.30. The normalized spacial score (nSPS) is 10.3. The number of rotatable bonds is 5. The molecule has 128 valence electrons. The summed E-state index contributed by atoms with van der Waals surface area (Å²) in [5, 5.41) is 6.72. The predicted octanol–water partition coefficient (Wildman–Crippen LogP) is 3.48. The first-order chi connectivity index (χ1) is 11.4. The molecule has 2 amide bonds. The van der Waals surface area contributed by atoms with Gasteiger partial charge in [-0.15, -0.1) is 0 Å². The Labute approximate surface area is 144 Å². The monoisotopic (exact) mass is 351 g/mol. The summed E-state index contributed by atoms with van der Waals surface area (Å²) in [5.41, 5.74) is 1.38. The second-order valence-corrected chi connectivity index (χ2v) is 5.54. The molecule has 0 aliphatic rings. The van der Waals surface area contributed by atoms with Gasteiger partial charge in [0, 0.05) is 18.8 Å². The molecule has 1 N–H and O–H groups in total. The lowest BCUT2D eigenvalue weighted by Gasteiger charge is -2.17. The molecule has 1 aromatic heterocycles. The van der Waals surface area contributed by atoms with Crippen molar-refractivity contribution in [1.29, 1.82) is 0 Å². The molecule has 8 heteroatoms. The number of esters is 1. The van der Waals surface area contributed by atoms with E-state index in [1.54, 1.807) is 33.0 Å². The predicted molar refractivity (Wildman–Crippen MR) is 89.1 cm³/mol. The highest BCUT2D eigenvalue weighted by atomic mass is 35.5. The van der Waals surface area contributed by atoms with Crippen LogP contribution in [0.3, 0.4) is 0 Å². The maximum Gasteiger partial charge on any atom is 0.339 e. The van der Waals surface area contributed by atoms with E-state index in [-0.39, 0.29) is 29.8 Å². The fourth-order valence-corrected chi connectivity index (χ4v) is 2.18. The number of carbonyl (C=O) groups excluding carboxylic acids is 2. The number of benzene rings is 1. The van der Waals surface area contributed by atoms with E-state index in [4.69, 9.17) is 20.9 Å². The van der Waals surface area contributed by atoms with Crippen molar-refractivity contribution in [2.75, 3.05) is 19.0 Å². The summed E-state index contributed by atoms with van der Waals surface area (Å²) in [7, 11) is 1.62. The summed E-state index contributed by atoms with van der Waals surface area (Å²) in [5.74, 6) is 0.0394. The number of nitrogens with one attached hydrogen (secondary N) is 1. The molecule has 0 spiro atoms. The Balaban J connectivity index is 2.05. The molecule has 0 atom stereocenters. The van der Waals surface area contributed by atoms with Crippen molar-refractivity contribution >= 4 is 29.3 Å². The van der Waals surface area contributed by atoms with Crippen LogP contribution in [0.5, 0.6) is 0 Å². The molecule has 0 radical (unpaired) electrons. The summed E-state index contributed by atoms with van der Waals surface area (Å²) in [6.07, 6.45) is 0. The first-order valence-electron chi connectivity index (χ1n) is 7.31. The highest BCUT2D eigenvalue weighted by Gasteiger charge is 2.15. The van der Waals surface area contributed by atoms with E-state index < -0.39 is 5.97 Å². The standard InChI is InChI=1S/C16H18ClN3O4/c1-4-23-15(21)13-8-11(5-6-14(13)17)18-16(22)20(3)9-12-7-10(2)19-24-12/h5-8H,4,9H2,1-3H3,(H,18,22). The fraction of sp³-hybridized carbons (Fsp3) is 0.312. The largest absolute Gasteiger partial charge is 0.462 e. The number of amides is 2. The lowest BCUT2D eigenvalue weighted by atomic mass is 10.2. The quantitative estimate of drug-likeness (QED) is 0.833. The van der Waals surface area contributed by atoms with E-state index in [1.807, 2.05) is 0 Å². The first kappa shape index (κ1) is 17.8. The lowest BCUT2D eigenvalue weighted by molar-refractivity contribution is 0.0526. The van der Waals surface area contributed by atoms with Crippen molar-refractivity contribution in [2.24, 2.45) is 0 Å². The van der Waals surface area contributed by atoms with Gasteiger partial charge in [0.1, 0.15) is 0 Å². The van der Waals surface area contributed by atoms with Crippen molar-refractivity contribution in [3.8, 4) is 0 Å². The fourth-order valence-electron chi connectivity index (χ4n) is 1.98. The van der Waals surface area contributed by atoms with Gasteiger partial charge in [0.15, 0.2) is 5.76 Å². The zero-order valence-electron chi connectivity index (χ0n) is 13.6. The van der Waals surface area contributed by atoms with Gasteiger partial charge < -0.3 is 19.5 Å². The minimum Gasteiger partial charge on any atom is -0.462 e. The van der Waals surface area contributed by atoms with E-state index in [0.717, 1.165) is 5.69 Å². The molecule has 0 saturated carbocycles. The number of nitrogens with zero attached hydrogens (tertiary/aromatic N) is 2. The smallest absolute Gasteiger partial charge is 0.339 e. The van der Waals surface area contributed by atoms with Crippen LogP contribution in [-0.2, 0) is 11.3 Å². The average Bonchev–Trinajstić information content (AvgIpc) is 2.94. The Morgan fingerprint density at radius 2 is 2.12 bits per heavy atom. The summed E-state index contributed by atoms with van der Waals surface area (Å²) >= 11 is 5.99. The van der Waals surface area contributed by atoms with Gasteiger partial charge in [0.25, 0.3) is 0 Å². The van der Waals surface area contributed by atoms with E-state index >= 15 is 0 Å². The number of ether oxygens (including phenoxy) is 1. The van der Waals surface area contributed by atoms with Crippen LogP contribution in [-0.4, -0.2) is 35.7 Å². The third-order valence-corrected chi connectivity index (χ3v) is 3.46. The number of halogens is 1. The van der Waals surface area contributed by atoms with Crippen molar-refractivity contribution in [1.82, 2.24) is 10.1 Å². The molecule has 0 fully saturated rings. The molecule has 1 heterocycles. The maximum absolute atomic E-state index is 12.2. The number of anilines is 1. The van der Waals surface area contributed by atoms with Gasteiger partial charge in [-0.2, -0.15) is 0 Å². The van der Waals surface area contributed by atoms with Gasteiger partial charge in [0.2, 0.25) is 0 Å². The van der Waals surface area contributed by atoms with Crippen molar-refractivity contribution in [3.05, 3.63) is 46.3 Å². The van der Waals surface area contributed by atoms with Crippen LogP contribution in [0.2, 0.25) is 5.02 Å². The Morgan fingerprint density at radius 1 is 1.38 bits per heavy atom. The van der Waals surface area contributed by atoms with Gasteiger partial charge in [-0.1, -0.05) is 16.8 Å². The molecule has 1 aromatic carbocycles. The molecule has 0 bridgehead atoms. The Bertz CT molecular complexity index is 745. The van der Waals surface area contributed by atoms with Gasteiger partial charge in [-0.25, -0.2) is 9.59 Å². The molecule has 0 aliphatic heterocycles. The summed E-state index contributed by atoms with van der Waals surface area (Å²) in [6.45, 7) is 4.02. The third-order valence-electron chi connectivity index (χ3n) is 3.13. The minimum absolute atomic E-state index is 0.199. The number of carbonyl (C=O) groups is 2. The highest BCUT2D eigenvalue weighted by molar-refractivity contribution is 6.33. The zero-order chi connectivity index (χ0) is 17.7. The third kappa shape index (κ3) is 4.48. The van der Waals surface area contributed by atoms with Crippen LogP contribution < -0.4 is 5.32 Å². The first-order valence-corrected chi connectivity index (χ1v) is 7.69. The number of urea groups is 1. The molecule has 0 saturated heterocycles. The van der Waals surface area contributed by atoms with Crippen LogP contribution in [0.1, 0.15) is 28.7 Å². The van der Waals surface area contributed by atoms with Crippen LogP contribution in [0.15, 0.2) is 28.8 Å². The van der Waals surface area contributed by atoms with Crippen LogP contribution in [0.4, 0.5) is 10.5 Å². The van der Waals surface area contributed by atoms with E-state index in [2.05, 4.69) is 10.5 Å². The summed E-state index contributed by atoms with van der Waals surface area (Å²) < 4.78 is 10.0. The molecule has 2 aromatic rings. The van der Waals surface area contributed by atoms with Gasteiger partial charge in [-0.3, -0.25) is 0 Å². The Kier molecular flexibility index (Phi) is 5.81. The number of hydrogen-bond donors (Lipinski definition) is 1. The second kappa shape index (κ2) is 7.83. The van der Waals surface area contributed by atoms with E-state index in [0.29, 0.717) is 11.4 Å². The van der Waals surface area contributed by atoms with E-state index in [9.17, 15) is 9.59 Å². The SMILES string of the molecule is CCOC(=O)c1cc(NC(=O)N(C)Cc2cc(C)no2)ccc1Cl. The van der Waals surface area contributed by atoms with Crippen molar-refractivity contribution in [3.63, 3.8) is 0 Å². The summed E-state index contributed by atoms with van der Waals surface area (Å²) in [4.78, 5) is 25.5. The van der Waals surface area contributed by atoms with Gasteiger partial charge >= 0.3 is 12.0 Å². The van der Waals surface area contributed by atoms with Crippen molar-refractivity contribution < 1.29 is 18.8 Å². The second-order valence-electron chi connectivity index (χ2n) is 5.14. The highest BCUT2D eigenvalue weighted by Crippen LogP contribution is 2.22. The minimum atomic E-state index is -0.538. The van der Waals surface area contributed by atoms with Crippen molar-refractivity contribution in [2.45, 2.75) is 20.4 Å². The molecular weight excluding hydrogens is 334 g/mol. The number of hydrogen-bond acceptors (Lipinski definition) is 5. The molecule has 24 heavy (non-hydrogen) atoms. The van der Waals surface area contributed by atoms with Crippen LogP contribution in [0.25, 0.3) is 0 Å².